The SMILES string of the molecule is NCC1CC(=O)N(c2ccc3c(c2)S(=O)(=O)C=C3)C1. The van der Waals surface area contributed by atoms with Crippen LogP contribution >= 0.6 is 0 Å². The van der Waals surface area contributed by atoms with Crippen LogP contribution in [0.5, 0.6) is 0 Å². The molecule has 5 nitrogen and oxygen atoms in total. The molecule has 0 aromatic heterocycles. The first-order chi connectivity index (χ1) is 9.01. The lowest BCUT2D eigenvalue weighted by molar-refractivity contribution is -0.117. The molecular weight excluding hydrogens is 264 g/mol. The third kappa shape index (κ3) is 1.97. The smallest absolute Gasteiger partial charge is 0.227 e. The average Bonchev–Trinajstić information content (AvgIpc) is 2.90. The number of fused-ring (bicyclic) bond motifs is 1. The van der Waals surface area contributed by atoms with Crippen LogP contribution in [0.3, 0.4) is 0 Å². The minimum Gasteiger partial charge on any atom is -0.330 e. The van der Waals surface area contributed by atoms with Crippen molar-refractivity contribution in [3.63, 3.8) is 0 Å². The molecule has 100 valence electrons. The molecule has 0 aliphatic carbocycles. The quantitative estimate of drug-likeness (QED) is 0.866. The standard InChI is InChI=1S/C13H14N2O3S/c14-7-9-5-13(16)15(8-9)11-2-1-10-3-4-19(17,18)12(10)6-11/h1-4,6,9H,5,7-8,14H2. The van der Waals surface area contributed by atoms with Gasteiger partial charge < -0.3 is 10.6 Å². The molecule has 2 aliphatic heterocycles. The van der Waals surface area contributed by atoms with Crippen LogP contribution in [0.15, 0.2) is 28.5 Å². The summed E-state index contributed by atoms with van der Waals surface area (Å²) in [5.74, 6) is 0.147. The van der Waals surface area contributed by atoms with Gasteiger partial charge in [-0.25, -0.2) is 8.42 Å². The highest BCUT2D eigenvalue weighted by molar-refractivity contribution is 7.94. The summed E-state index contributed by atoms with van der Waals surface area (Å²) in [5, 5.41) is 1.19. The topological polar surface area (TPSA) is 80.5 Å². The van der Waals surface area contributed by atoms with Crippen LogP contribution < -0.4 is 10.6 Å². The molecule has 3 rings (SSSR count). The maximum atomic E-state index is 11.9. The van der Waals surface area contributed by atoms with Crippen molar-refractivity contribution in [3.05, 3.63) is 29.2 Å². The van der Waals surface area contributed by atoms with Crippen LogP contribution in [0.2, 0.25) is 0 Å². The molecule has 6 heteroatoms. The fraction of sp³-hybridized carbons (Fsp3) is 0.308. The first-order valence-electron chi connectivity index (χ1n) is 6.09. The van der Waals surface area contributed by atoms with Crippen molar-refractivity contribution in [2.45, 2.75) is 11.3 Å². The van der Waals surface area contributed by atoms with E-state index in [1.807, 2.05) is 0 Å². The van der Waals surface area contributed by atoms with Crippen molar-refractivity contribution >= 4 is 27.5 Å². The predicted octanol–water partition coefficient (Wildman–Crippen LogP) is 0.756. The molecule has 0 radical (unpaired) electrons. The molecule has 1 unspecified atom stereocenters. The van der Waals surface area contributed by atoms with Crippen LogP contribution in [0.1, 0.15) is 12.0 Å². The number of benzene rings is 1. The van der Waals surface area contributed by atoms with Gasteiger partial charge in [0.1, 0.15) is 0 Å². The van der Waals surface area contributed by atoms with Crippen LogP contribution in [0.25, 0.3) is 6.08 Å². The van der Waals surface area contributed by atoms with Gasteiger partial charge in [0.05, 0.1) is 4.90 Å². The first-order valence-corrected chi connectivity index (χ1v) is 7.63. The highest BCUT2D eigenvalue weighted by Gasteiger charge is 2.31. The van der Waals surface area contributed by atoms with Gasteiger partial charge in [-0.15, -0.1) is 0 Å². The second-order valence-electron chi connectivity index (χ2n) is 4.88. The Kier molecular flexibility index (Phi) is 2.72. The summed E-state index contributed by atoms with van der Waals surface area (Å²) < 4.78 is 23.6. The zero-order valence-electron chi connectivity index (χ0n) is 10.2. The Morgan fingerprint density at radius 3 is 2.84 bits per heavy atom. The van der Waals surface area contributed by atoms with Gasteiger partial charge >= 0.3 is 0 Å². The summed E-state index contributed by atoms with van der Waals surface area (Å²) in [4.78, 5) is 13.8. The molecule has 2 aliphatic rings. The van der Waals surface area contributed by atoms with Gasteiger partial charge in [0.2, 0.25) is 15.7 Å². The van der Waals surface area contributed by atoms with Crippen molar-refractivity contribution in [2.75, 3.05) is 18.0 Å². The lowest BCUT2D eigenvalue weighted by Crippen LogP contribution is -2.25. The van der Waals surface area contributed by atoms with Gasteiger partial charge in [0.15, 0.2) is 0 Å². The molecule has 0 bridgehead atoms. The molecule has 2 heterocycles. The molecule has 0 saturated carbocycles. The van der Waals surface area contributed by atoms with Crippen LogP contribution in [-0.4, -0.2) is 27.4 Å². The van der Waals surface area contributed by atoms with E-state index in [0.29, 0.717) is 30.8 Å². The number of hydrogen-bond acceptors (Lipinski definition) is 4. The van der Waals surface area contributed by atoms with E-state index in [1.165, 1.54) is 5.41 Å². The molecule has 1 atom stereocenters. The van der Waals surface area contributed by atoms with E-state index in [0.717, 1.165) is 0 Å². The summed E-state index contributed by atoms with van der Waals surface area (Å²) in [7, 11) is -3.34. The Balaban J connectivity index is 1.99. The molecule has 1 saturated heterocycles. The summed E-state index contributed by atoms with van der Waals surface area (Å²) in [5.41, 5.74) is 6.89. The average molecular weight is 278 g/mol. The van der Waals surface area contributed by atoms with Gasteiger partial charge in [-0.3, -0.25) is 4.79 Å². The summed E-state index contributed by atoms with van der Waals surface area (Å²) in [6.07, 6.45) is 2.00. The van der Waals surface area contributed by atoms with Crippen LogP contribution in [-0.2, 0) is 14.6 Å². The number of rotatable bonds is 2. The normalized spacial score (nSPS) is 23.9. The van der Waals surface area contributed by atoms with E-state index in [-0.39, 0.29) is 16.7 Å². The van der Waals surface area contributed by atoms with E-state index in [4.69, 9.17) is 5.73 Å². The molecule has 1 amide bonds. The van der Waals surface area contributed by atoms with E-state index in [1.54, 1.807) is 29.2 Å². The van der Waals surface area contributed by atoms with Gasteiger partial charge in [-0.1, -0.05) is 6.07 Å². The summed E-state index contributed by atoms with van der Waals surface area (Å²) in [6.45, 7) is 1.02. The fourth-order valence-electron chi connectivity index (χ4n) is 2.50. The molecule has 2 N–H and O–H groups in total. The Labute approximate surface area is 111 Å². The third-order valence-corrected chi connectivity index (χ3v) is 5.04. The summed E-state index contributed by atoms with van der Waals surface area (Å²) in [6, 6.07) is 5.08. The number of sulfone groups is 1. The maximum absolute atomic E-state index is 11.9. The molecule has 0 spiro atoms. The number of nitrogens with two attached hydrogens (primary N) is 1. The van der Waals surface area contributed by atoms with Crippen LogP contribution in [0.4, 0.5) is 5.69 Å². The summed E-state index contributed by atoms with van der Waals surface area (Å²) >= 11 is 0. The second-order valence-corrected chi connectivity index (χ2v) is 6.68. The number of amides is 1. The maximum Gasteiger partial charge on any atom is 0.227 e. The fourth-order valence-corrected chi connectivity index (χ4v) is 3.72. The highest BCUT2D eigenvalue weighted by Crippen LogP contribution is 2.32. The van der Waals surface area contributed by atoms with Crippen molar-refractivity contribution < 1.29 is 13.2 Å². The first kappa shape index (κ1) is 12.4. The van der Waals surface area contributed by atoms with Gasteiger partial charge in [0, 0.05) is 24.1 Å². The number of carbonyl (C=O) groups excluding carboxylic acids is 1. The number of nitrogens with zero attached hydrogens (tertiary/aromatic N) is 1. The second kappa shape index (κ2) is 4.18. The van der Waals surface area contributed by atoms with Gasteiger partial charge in [-0.2, -0.15) is 0 Å². The minimum atomic E-state index is -3.34. The van der Waals surface area contributed by atoms with Crippen molar-refractivity contribution in [1.29, 1.82) is 0 Å². The Hall–Kier alpha value is -1.66. The van der Waals surface area contributed by atoms with Gasteiger partial charge in [0.25, 0.3) is 0 Å². The molecular formula is C13H14N2O3S. The van der Waals surface area contributed by atoms with E-state index in [2.05, 4.69) is 0 Å². The monoisotopic (exact) mass is 278 g/mol. The van der Waals surface area contributed by atoms with E-state index < -0.39 is 9.84 Å². The molecule has 1 aromatic rings. The molecule has 1 fully saturated rings. The zero-order valence-corrected chi connectivity index (χ0v) is 11.1. The molecule has 19 heavy (non-hydrogen) atoms. The van der Waals surface area contributed by atoms with E-state index >= 15 is 0 Å². The van der Waals surface area contributed by atoms with Crippen molar-refractivity contribution in [1.82, 2.24) is 0 Å². The third-order valence-electron chi connectivity index (χ3n) is 3.58. The zero-order chi connectivity index (χ0) is 13.6. The van der Waals surface area contributed by atoms with Crippen molar-refractivity contribution in [2.24, 2.45) is 11.7 Å². The largest absolute Gasteiger partial charge is 0.330 e. The van der Waals surface area contributed by atoms with Crippen LogP contribution in [0, 0.1) is 5.92 Å². The Bertz CT molecular complexity index is 679. The number of hydrogen-bond donors (Lipinski definition) is 1. The lowest BCUT2D eigenvalue weighted by atomic mass is 10.1. The van der Waals surface area contributed by atoms with E-state index in [9.17, 15) is 13.2 Å². The van der Waals surface area contributed by atoms with Crippen molar-refractivity contribution in [3.8, 4) is 0 Å². The van der Waals surface area contributed by atoms with Gasteiger partial charge in [-0.05, 0) is 36.2 Å². The number of anilines is 1. The minimum absolute atomic E-state index is 0.00115. The lowest BCUT2D eigenvalue weighted by Gasteiger charge is -2.17. The number of carbonyl (C=O) groups is 1. The predicted molar refractivity (Wildman–Crippen MR) is 72.2 cm³/mol. The Morgan fingerprint density at radius 1 is 1.37 bits per heavy atom. The molecule has 1 aromatic carbocycles. The Morgan fingerprint density at radius 2 is 2.16 bits per heavy atom. The highest BCUT2D eigenvalue weighted by atomic mass is 32.2.